The van der Waals surface area contributed by atoms with Crippen LogP contribution < -0.4 is 26.8 Å². The molecule has 1 aromatic carbocycles. The van der Waals surface area contributed by atoms with Gasteiger partial charge in [0.05, 0.1) is 19.8 Å². The quantitative estimate of drug-likeness (QED) is 0.114. The Bertz CT molecular complexity index is 842. The van der Waals surface area contributed by atoms with Gasteiger partial charge < -0.3 is 42.4 Å². The van der Waals surface area contributed by atoms with Crippen LogP contribution in [0, 0.1) is 22.1 Å². The molecule has 1 aliphatic heterocycles. The Kier molecular flexibility index (Phi) is 15.7. The first-order valence-electron chi connectivity index (χ1n) is 10.4. The second-order valence-corrected chi connectivity index (χ2v) is 6.63. The molecule has 0 spiro atoms. The van der Waals surface area contributed by atoms with Crippen LogP contribution in [0.2, 0.25) is 0 Å². The molecule has 2 rings (SSSR count). The molecule has 1 fully saturated rings. The van der Waals surface area contributed by atoms with Crippen LogP contribution in [0.15, 0.2) is 41.8 Å². The predicted octanol–water partition coefficient (Wildman–Crippen LogP) is 2.34. The molecule has 1 aliphatic rings. The number of carbonyl (C=O) groups is 1. The van der Waals surface area contributed by atoms with Gasteiger partial charge in [-0.3, -0.25) is 4.79 Å². The lowest BCUT2D eigenvalue weighted by molar-refractivity contribution is 0.0948. The average Bonchev–Trinajstić information content (AvgIpc) is 3.36. The van der Waals surface area contributed by atoms with Crippen molar-refractivity contribution >= 4 is 24.0 Å². The number of anilines is 1. The number of hydrogen-bond donors (Lipinski definition) is 6. The van der Waals surface area contributed by atoms with E-state index in [-0.39, 0.29) is 5.91 Å². The Hall–Kier alpha value is -3.84. The van der Waals surface area contributed by atoms with E-state index in [1.807, 2.05) is 13.0 Å². The third-order valence-corrected chi connectivity index (χ3v) is 4.51. The Morgan fingerprint density at radius 3 is 2.52 bits per heavy atom. The molecule has 8 N–H and O–H groups in total. The first-order valence-corrected chi connectivity index (χ1v) is 10.4. The van der Waals surface area contributed by atoms with Crippen molar-refractivity contribution in [2.24, 2.45) is 5.73 Å². The molecule has 10 nitrogen and oxygen atoms in total. The van der Waals surface area contributed by atoms with E-state index < -0.39 is 0 Å². The van der Waals surface area contributed by atoms with Gasteiger partial charge in [0.2, 0.25) is 0 Å². The van der Waals surface area contributed by atoms with Crippen molar-refractivity contribution in [1.82, 2.24) is 10.6 Å². The van der Waals surface area contributed by atoms with Crippen molar-refractivity contribution in [2.45, 2.75) is 32.2 Å². The van der Waals surface area contributed by atoms with Crippen LogP contribution in [0.25, 0.3) is 0 Å². The molecule has 1 unspecified atom stereocenters. The predicted molar refractivity (Wildman–Crippen MR) is 132 cm³/mol. The van der Waals surface area contributed by atoms with Gasteiger partial charge in [0.15, 0.2) is 0 Å². The first kappa shape index (κ1) is 29.2. The molecule has 1 saturated heterocycles. The maximum Gasteiger partial charge on any atom is 0.257 e. The molecule has 1 amide bonds. The molecule has 0 radical (unpaired) electrons. The number of nitrogen functional groups attached to an aromatic ring is 1. The van der Waals surface area contributed by atoms with E-state index in [0.29, 0.717) is 47.3 Å². The van der Waals surface area contributed by atoms with Gasteiger partial charge in [-0.25, -0.2) is 0 Å². The van der Waals surface area contributed by atoms with E-state index in [1.54, 1.807) is 25.3 Å². The number of nitrogens with zero attached hydrogens (tertiary/aromatic N) is 1. The normalized spacial score (nSPS) is 14.9. The van der Waals surface area contributed by atoms with Crippen LogP contribution >= 0.6 is 0 Å². The fourth-order valence-electron chi connectivity index (χ4n) is 2.93. The summed E-state index contributed by atoms with van der Waals surface area (Å²) < 4.78 is 10.1. The minimum atomic E-state index is -0.182. The van der Waals surface area contributed by atoms with E-state index in [0.717, 1.165) is 31.8 Å². The summed E-state index contributed by atoms with van der Waals surface area (Å²) in [4.78, 5) is 12.1. The second-order valence-electron chi connectivity index (χ2n) is 6.63. The van der Waals surface area contributed by atoms with Gasteiger partial charge in [0, 0.05) is 37.1 Å². The van der Waals surface area contributed by atoms with Crippen molar-refractivity contribution < 1.29 is 14.3 Å². The Morgan fingerprint density at radius 1 is 1.36 bits per heavy atom. The van der Waals surface area contributed by atoms with Gasteiger partial charge in [0.25, 0.3) is 5.91 Å². The summed E-state index contributed by atoms with van der Waals surface area (Å²) >= 11 is 0. The number of methoxy groups -OCH3 is 2. The zero-order valence-corrected chi connectivity index (χ0v) is 19.5. The van der Waals surface area contributed by atoms with Crippen LogP contribution in [0.4, 0.5) is 5.69 Å². The number of amides is 1. The Balaban J connectivity index is 0.000000584. The van der Waals surface area contributed by atoms with Crippen molar-refractivity contribution in [2.75, 3.05) is 33.0 Å². The van der Waals surface area contributed by atoms with E-state index in [1.165, 1.54) is 19.4 Å². The summed E-state index contributed by atoms with van der Waals surface area (Å²) in [6.07, 6.45) is 7.65. The lowest BCUT2D eigenvalue weighted by atomic mass is 10.1. The van der Waals surface area contributed by atoms with Gasteiger partial charge in [-0.2, -0.15) is 5.26 Å². The maximum atomic E-state index is 12.1. The number of allylic oxidation sites excluding steroid dienone is 3. The lowest BCUT2D eigenvalue weighted by Gasteiger charge is -2.14. The van der Waals surface area contributed by atoms with Crippen LogP contribution in [0.5, 0.6) is 5.75 Å². The van der Waals surface area contributed by atoms with Crippen molar-refractivity contribution in [3.05, 3.63) is 47.4 Å². The highest BCUT2D eigenvalue weighted by molar-refractivity contribution is 6.12. The third-order valence-electron chi connectivity index (χ3n) is 4.51. The van der Waals surface area contributed by atoms with Gasteiger partial charge in [0.1, 0.15) is 23.1 Å². The van der Waals surface area contributed by atoms with Gasteiger partial charge in [-0.1, -0.05) is 13.0 Å². The number of benzene rings is 1. The summed E-state index contributed by atoms with van der Waals surface area (Å²) in [5, 5.41) is 27.0. The number of nitriles is 1. The number of hydrogen-bond acceptors (Lipinski definition) is 9. The molecule has 0 bridgehead atoms. The Morgan fingerprint density at radius 2 is 2.06 bits per heavy atom. The van der Waals surface area contributed by atoms with Gasteiger partial charge in [-0.05, 0) is 43.8 Å². The minimum Gasteiger partial charge on any atom is -0.500 e. The lowest BCUT2D eigenvalue weighted by Crippen LogP contribution is -2.37. The topological polar surface area (TPSA) is 183 Å². The van der Waals surface area contributed by atoms with Crippen LogP contribution in [-0.4, -0.2) is 51.7 Å². The molecular formula is C23H35N7O3. The summed E-state index contributed by atoms with van der Waals surface area (Å²) in [6, 6.07) is 7.56. The first-order chi connectivity index (χ1) is 15.9. The van der Waals surface area contributed by atoms with E-state index in [2.05, 4.69) is 10.6 Å². The summed E-state index contributed by atoms with van der Waals surface area (Å²) in [7, 11) is 3.07. The van der Waals surface area contributed by atoms with Gasteiger partial charge >= 0.3 is 0 Å². The number of ether oxygens (including phenoxy) is 2. The number of rotatable bonds is 8. The van der Waals surface area contributed by atoms with Crippen molar-refractivity contribution in [1.29, 1.82) is 16.1 Å². The fourth-order valence-corrected chi connectivity index (χ4v) is 2.93. The molecule has 33 heavy (non-hydrogen) atoms. The average molecular weight is 458 g/mol. The van der Waals surface area contributed by atoms with E-state index >= 15 is 0 Å². The van der Waals surface area contributed by atoms with Crippen LogP contribution in [-0.2, 0) is 4.74 Å². The van der Waals surface area contributed by atoms with Gasteiger partial charge in [-0.15, -0.1) is 0 Å². The molecule has 0 aromatic heterocycles. The largest absolute Gasteiger partial charge is 0.500 e. The zero-order chi connectivity index (χ0) is 25.1. The monoisotopic (exact) mass is 457 g/mol. The molecule has 0 saturated carbocycles. The highest BCUT2D eigenvalue weighted by Gasteiger charge is 2.18. The molecule has 1 heterocycles. The standard InChI is InChI=1S/C13H19N3O2.C8H12N2O.C2H4N2/c1-18-11-6-2-5-10(14)12(11)13(17)16-8-9-4-3-7-15-9;1-3-8(11-2)7(6-10)4-5-9;3-1-2-4/h2,5-6,9,15H,3-4,7-8,14H2,1H3,(H,16,17);4-5H,3,9H2,1-2H3;1-4H/b;5-4-,8-7-;. The summed E-state index contributed by atoms with van der Waals surface area (Å²) in [5.41, 5.74) is 12.3. The van der Waals surface area contributed by atoms with Crippen molar-refractivity contribution in [3.8, 4) is 11.8 Å². The molecule has 0 aliphatic carbocycles. The number of carbonyl (C=O) groups excluding carboxylic acids is 1. The highest BCUT2D eigenvalue weighted by atomic mass is 16.5. The molecule has 1 atom stereocenters. The van der Waals surface area contributed by atoms with Crippen molar-refractivity contribution in [3.63, 3.8) is 0 Å². The second kappa shape index (κ2) is 17.8. The fraction of sp³-hybridized carbons (Fsp3) is 0.391. The van der Waals surface area contributed by atoms with E-state index in [9.17, 15) is 4.79 Å². The highest BCUT2D eigenvalue weighted by Crippen LogP contribution is 2.23. The minimum absolute atomic E-state index is 0.182. The molecule has 1 aromatic rings. The summed E-state index contributed by atoms with van der Waals surface area (Å²) in [5.74, 6) is 0.986. The van der Waals surface area contributed by atoms with Crippen LogP contribution in [0.1, 0.15) is 36.5 Å². The van der Waals surface area contributed by atoms with E-state index in [4.69, 9.17) is 37.0 Å². The molecule has 180 valence electrons. The Labute approximate surface area is 195 Å². The van der Waals surface area contributed by atoms with Crippen LogP contribution in [0.3, 0.4) is 0 Å². The molecule has 10 heteroatoms. The zero-order valence-electron chi connectivity index (χ0n) is 19.5. The number of nitrogens with one attached hydrogen (secondary N) is 4. The molecular weight excluding hydrogens is 422 g/mol. The maximum absolute atomic E-state index is 12.1. The smallest absolute Gasteiger partial charge is 0.257 e. The number of nitrogens with two attached hydrogens (primary N) is 2. The third kappa shape index (κ3) is 10.8. The summed E-state index contributed by atoms with van der Waals surface area (Å²) in [6.45, 7) is 3.56. The SMILES string of the molecule is CC/C(OC)=C(C#N)\C=C/N.COc1cccc(N)c1C(=O)NCC1CCCN1.N=CC=N.